The molecular formula is C27H32N4O3. The normalized spacial score (nSPS) is 20.4. The van der Waals surface area contributed by atoms with Crippen LogP contribution in [-0.2, 0) is 11.3 Å². The molecule has 2 aromatic carbocycles. The fraction of sp³-hybridized carbons (Fsp3) is 0.444. The fourth-order valence-corrected chi connectivity index (χ4v) is 4.95. The van der Waals surface area contributed by atoms with Crippen molar-refractivity contribution in [1.82, 2.24) is 20.4 Å². The highest BCUT2D eigenvalue weighted by Crippen LogP contribution is 2.40. The van der Waals surface area contributed by atoms with Gasteiger partial charge in [-0.05, 0) is 58.3 Å². The summed E-state index contributed by atoms with van der Waals surface area (Å²) in [6.07, 6.45) is 2.40. The van der Waals surface area contributed by atoms with Crippen LogP contribution in [0.4, 0.5) is 0 Å². The maximum Gasteiger partial charge on any atom is 0.241 e. The number of piperidine rings is 1. The molecule has 0 bridgehead atoms. The van der Waals surface area contributed by atoms with Gasteiger partial charge in [0.1, 0.15) is 11.4 Å². The van der Waals surface area contributed by atoms with Gasteiger partial charge in [-0.2, -0.15) is 4.98 Å². The van der Waals surface area contributed by atoms with E-state index in [9.17, 15) is 4.79 Å². The van der Waals surface area contributed by atoms with Crippen molar-refractivity contribution in [2.75, 3.05) is 13.1 Å². The van der Waals surface area contributed by atoms with Gasteiger partial charge < -0.3 is 14.6 Å². The van der Waals surface area contributed by atoms with Gasteiger partial charge in [0.25, 0.3) is 0 Å². The summed E-state index contributed by atoms with van der Waals surface area (Å²) in [6.45, 7) is 8.48. The average molecular weight is 461 g/mol. The van der Waals surface area contributed by atoms with Crippen molar-refractivity contribution in [2.24, 2.45) is 5.92 Å². The Morgan fingerprint density at radius 3 is 2.68 bits per heavy atom. The number of nitrogens with zero attached hydrogens (tertiary/aromatic N) is 3. The number of fused-ring (bicyclic) bond motifs is 1. The van der Waals surface area contributed by atoms with E-state index < -0.39 is 0 Å². The zero-order valence-electron chi connectivity index (χ0n) is 20.1. The number of amides is 1. The topological polar surface area (TPSA) is 80.5 Å². The minimum atomic E-state index is -0.315. The molecule has 0 radical (unpaired) electrons. The molecule has 3 heterocycles. The van der Waals surface area contributed by atoms with Crippen LogP contribution in [0.1, 0.15) is 56.2 Å². The van der Waals surface area contributed by atoms with Gasteiger partial charge in [0, 0.05) is 23.5 Å². The molecule has 1 amide bonds. The Kier molecular flexibility index (Phi) is 6.13. The molecule has 2 aliphatic heterocycles. The van der Waals surface area contributed by atoms with Crippen LogP contribution in [0.5, 0.6) is 5.75 Å². The van der Waals surface area contributed by atoms with Gasteiger partial charge >= 0.3 is 0 Å². The number of hydrogen-bond acceptors (Lipinski definition) is 6. The Labute approximate surface area is 200 Å². The number of benzene rings is 2. The molecule has 7 nitrogen and oxygen atoms in total. The predicted octanol–water partition coefficient (Wildman–Crippen LogP) is 4.68. The minimum Gasteiger partial charge on any atom is -0.487 e. The van der Waals surface area contributed by atoms with Gasteiger partial charge in [-0.25, -0.2) is 0 Å². The van der Waals surface area contributed by atoms with E-state index in [-0.39, 0.29) is 23.5 Å². The van der Waals surface area contributed by atoms with E-state index >= 15 is 0 Å². The van der Waals surface area contributed by atoms with E-state index in [1.807, 2.05) is 30.3 Å². The van der Waals surface area contributed by atoms with Crippen molar-refractivity contribution in [2.45, 2.75) is 58.2 Å². The number of aromatic nitrogens is 2. The lowest BCUT2D eigenvalue weighted by molar-refractivity contribution is -0.127. The van der Waals surface area contributed by atoms with E-state index in [4.69, 9.17) is 9.26 Å². The molecule has 0 aliphatic carbocycles. The van der Waals surface area contributed by atoms with Crippen molar-refractivity contribution < 1.29 is 14.1 Å². The van der Waals surface area contributed by atoms with Gasteiger partial charge in [0.05, 0.1) is 12.6 Å². The largest absolute Gasteiger partial charge is 0.487 e. The summed E-state index contributed by atoms with van der Waals surface area (Å²) in [5.74, 6) is 2.25. The van der Waals surface area contributed by atoms with Crippen molar-refractivity contribution in [3.63, 3.8) is 0 Å². The van der Waals surface area contributed by atoms with Crippen LogP contribution in [0.2, 0.25) is 0 Å². The highest BCUT2D eigenvalue weighted by atomic mass is 16.5. The van der Waals surface area contributed by atoms with Gasteiger partial charge in [-0.3, -0.25) is 9.69 Å². The maximum absolute atomic E-state index is 13.2. The fourth-order valence-electron chi connectivity index (χ4n) is 4.95. The molecular weight excluding hydrogens is 428 g/mol. The third kappa shape index (κ3) is 4.99. The Morgan fingerprint density at radius 2 is 1.91 bits per heavy atom. The maximum atomic E-state index is 13.2. The standard InChI is InChI=1S/C27H32N4O3/c1-18-9-10-21-22(16-27(2,3)33-23(21)15-18)28-26(32)20-11-13-31(14-12-20)17-24-29-25(30-34-24)19-7-5-4-6-8-19/h4-10,15,20,22H,11-14,16-17H2,1-3H3,(H,28,32). The highest BCUT2D eigenvalue weighted by Gasteiger charge is 2.36. The van der Waals surface area contributed by atoms with Crippen LogP contribution in [-0.4, -0.2) is 39.6 Å². The molecule has 0 saturated carbocycles. The molecule has 1 N–H and O–H groups in total. The lowest BCUT2D eigenvalue weighted by atomic mass is 9.88. The summed E-state index contributed by atoms with van der Waals surface area (Å²) in [5, 5.41) is 7.44. The Balaban J connectivity index is 1.17. The second-order valence-electron chi connectivity index (χ2n) is 10.1. The van der Waals surface area contributed by atoms with Crippen molar-refractivity contribution >= 4 is 5.91 Å². The summed E-state index contributed by atoms with van der Waals surface area (Å²) in [4.78, 5) is 20.0. The molecule has 1 fully saturated rings. The smallest absolute Gasteiger partial charge is 0.241 e. The zero-order valence-corrected chi connectivity index (χ0v) is 20.1. The van der Waals surface area contributed by atoms with E-state index in [1.165, 1.54) is 0 Å². The van der Waals surface area contributed by atoms with Gasteiger partial charge in [0.15, 0.2) is 0 Å². The molecule has 34 heavy (non-hydrogen) atoms. The molecule has 5 rings (SSSR count). The molecule has 1 saturated heterocycles. The zero-order chi connectivity index (χ0) is 23.7. The number of likely N-dealkylation sites (tertiary alicyclic amines) is 1. The van der Waals surface area contributed by atoms with Crippen LogP contribution in [0.15, 0.2) is 53.1 Å². The third-order valence-corrected chi connectivity index (χ3v) is 6.76. The second kappa shape index (κ2) is 9.22. The summed E-state index contributed by atoms with van der Waals surface area (Å²) >= 11 is 0. The van der Waals surface area contributed by atoms with Crippen molar-refractivity contribution in [1.29, 1.82) is 0 Å². The Bertz CT molecular complexity index is 1150. The monoisotopic (exact) mass is 460 g/mol. The van der Waals surface area contributed by atoms with Crippen LogP contribution in [0.3, 0.4) is 0 Å². The lowest BCUT2D eigenvalue weighted by Crippen LogP contribution is -2.45. The lowest BCUT2D eigenvalue weighted by Gasteiger charge is -2.39. The Hall–Kier alpha value is -3.19. The second-order valence-corrected chi connectivity index (χ2v) is 10.1. The Morgan fingerprint density at radius 1 is 1.15 bits per heavy atom. The quantitative estimate of drug-likeness (QED) is 0.596. The van der Waals surface area contributed by atoms with E-state index in [1.54, 1.807) is 0 Å². The molecule has 0 spiro atoms. The number of nitrogens with one attached hydrogen (secondary N) is 1. The summed E-state index contributed by atoms with van der Waals surface area (Å²) in [7, 11) is 0. The molecule has 7 heteroatoms. The first-order chi connectivity index (χ1) is 16.4. The highest BCUT2D eigenvalue weighted by molar-refractivity contribution is 5.79. The summed E-state index contributed by atoms with van der Waals surface area (Å²) in [6, 6.07) is 16.0. The van der Waals surface area contributed by atoms with Crippen LogP contribution < -0.4 is 10.1 Å². The number of rotatable bonds is 5. The van der Waals surface area contributed by atoms with Crippen LogP contribution in [0, 0.1) is 12.8 Å². The van der Waals surface area contributed by atoms with Crippen LogP contribution >= 0.6 is 0 Å². The number of carbonyl (C=O) groups is 1. The number of ether oxygens (including phenoxy) is 1. The molecule has 1 atom stereocenters. The first-order valence-corrected chi connectivity index (χ1v) is 12.1. The first-order valence-electron chi connectivity index (χ1n) is 12.1. The van der Waals surface area contributed by atoms with Gasteiger partial charge in [-0.15, -0.1) is 0 Å². The number of carbonyl (C=O) groups excluding carboxylic acids is 1. The number of hydrogen-bond donors (Lipinski definition) is 1. The van der Waals surface area contributed by atoms with Crippen molar-refractivity contribution in [3.8, 4) is 17.1 Å². The molecule has 1 aromatic heterocycles. The molecule has 1 unspecified atom stereocenters. The molecule has 2 aliphatic rings. The van der Waals surface area contributed by atoms with Gasteiger partial charge in [-0.1, -0.05) is 47.6 Å². The van der Waals surface area contributed by atoms with E-state index in [0.29, 0.717) is 18.3 Å². The van der Waals surface area contributed by atoms with E-state index in [2.05, 4.69) is 59.3 Å². The van der Waals surface area contributed by atoms with Crippen molar-refractivity contribution in [3.05, 3.63) is 65.5 Å². The summed E-state index contributed by atoms with van der Waals surface area (Å²) in [5.41, 5.74) is 2.86. The first kappa shape index (κ1) is 22.6. The SMILES string of the molecule is Cc1ccc2c(c1)OC(C)(C)CC2NC(=O)C1CCN(Cc2nc(-c3ccccc3)no2)CC1. The van der Waals surface area contributed by atoms with Gasteiger partial charge in [0.2, 0.25) is 17.6 Å². The molecule has 3 aromatic rings. The molecule has 178 valence electrons. The van der Waals surface area contributed by atoms with Crippen LogP contribution in [0.25, 0.3) is 11.4 Å². The summed E-state index contributed by atoms with van der Waals surface area (Å²) < 4.78 is 11.6. The third-order valence-electron chi connectivity index (χ3n) is 6.76. The van der Waals surface area contributed by atoms with E-state index in [0.717, 1.165) is 54.8 Å². The number of aryl methyl sites for hydroxylation is 1. The minimum absolute atomic E-state index is 0.0127. The predicted molar refractivity (Wildman–Crippen MR) is 129 cm³/mol. The average Bonchev–Trinajstić information content (AvgIpc) is 3.27.